The Bertz CT molecular complexity index is 167. The summed E-state index contributed by atoms with van der Waals surface area (Å²) in [5.74, 6) is 0.538. The Morgan fingerprint density at radius 2 is 1.88 bits per heavy atom. The molecule has 0 heterocycles. The summed E-state index contributed by atoms with van der Waals surface area (Å²) in [6.45, 7) is 13.7. The first-order chi connectivity index (χ1) is 7.35. The third kappa shape index (κ3) is 10.4. The van der Waals surface area contributed by atoms with E-state index in [1.54, 1.807) is 0 Å². The van der Waals surface area contributed by atoms with Crippen LogP contribution in [0, 0.1) is 12.0 Å². The van der Waals surface area contributed by atoms with E-state index in [9.17, 15) is 0 Å². The number of hydrogen-bond donors (Lipinski definition) is 2. The van der Waals surface area contributed by atoms with Crippen molar-refractivity contribution in [3.63, 3.8) is 0 Å². The maximum absolute atomic E-state index is 5.48. The van der Waals surface area contributed by atoms with Gasteiger partial charge in [-0.2, -0.15) is 5.48 Å². The second kappa shape index (κ2) is 8.01. The predicted molar refractivity (Wildman–Crippen MR) is 66.3 cm³/mol. The second-order valence-corrected chi connectivity index (χ2v) is 5.30. The highest BCUT2D eigenvalue weighted by molar-refractivity contribution is 4.83. The minimum atomic E-state index is -0.181. The highest BCUT2D eigenvalue weighted by Gasteiger charge is 2.14. The van der Waals surface area contributed by atoms with Crippen molar-refractivity contribution in [1.82, 2.24) is 11.0 Å². The van der Waals surface area contributed by atoms with Crippen molar-refractivity contribution in [2.45, 2.75) is 53.6 Å². The average molecular weight is 231 g/mol. The molecule has 0 aromatic rings. The molecule has 0 bridgehead atoms. The Morgan fingerprint density at radius 3 is 2.31 bits per heavy atom. The molecule has 0 aliphatic carbocycles. The van der Waals surface area contributed by atoms with Crippen LogP contribution >= 0.6 is 0 Å². The Labute approximate surface area is 100.0 Å². The Morgan fingerprint density at radius 1 is 1.25 bits per heavy atom. The molecular weight excluding hydrogens is 204 g/mol. The minimum absolute atomic E-state index is 0.181. The Hall–Kier alpha value is -0.160. The van der Waals surface area contributed by atoms with Crippen molar-refractivity contribution in [2.24, 2.45) is 5.92 Å². The molecule has 0 aliphatic heterocycles. The zero-order valence-electron chi connectivity index (χ0n) is 11.5. The van der Waals surface area contributed by atoms with E-state index in [0.29, 0.717) is 12.5 Å². The molecule has 1 radical (unpaired) electrons. The van der Waals surface area contributed by atoms with Gasteiger partial charge in [-0.3, -0.25) is 4.84 Å². The summed E-state index contributed by atoms with van der Waals surface area (Å²) >= 11 is 0. The lowest BCUT2D eigenvalue weighted by Gasteiger charge is -2.24. The SMILES string of the molecule is CC[C](CNOCC(C)C)NOC(C)(C)C. The maximum Gasteiger partial charge on any atom is 0.0813 e. The van der Waals surface area contributed by atoms with Crippen LogP contribution in [0.2, 0.25) is 0 Å². The van der Waals surface area contributed by atoms with Gasteiger partial charge in [0.15, 0.2) is 0 Å². The van der Waals surface area contributed by atoms with Crippen molar-refractivity contribution < 1.29 is 9.68 Å². The van der Waals surface area contributed by atoms with Crippen LogP contribution in [-0.4, -0.2) is 18.8 Å². The molecule has 0 unspecified atom stereocenters. The van der Waals surface area contributed by atoms with Crippen molar-refractivity contribution in [3.05, 3.63) is 6.04 Å². The quantitative estimate of drug-likeness (QED) is 0.497. The molecule has 4 heteroatoms. The van der Waals surface area contributed by atoms with Gasteiger partial charge in [0.25, 0.3) is 0 Å². The minimum Gasteiger partial charge on any atom is -0.301 e. The lowest BCUT2D eigenvalue weighted by Crippen LogP contribution is -2.37. The van der Waals surface area contributed by atoms with Crippen LogP contribution in [0.5, 0.6) is 0 Å². The molecule has 0 rings (SSSR count). The molecule has 0 aromatic heterocycles. The summed E-state index contributed by atoms with van der Waals surface area (Å²) in [6, 6.07) is 1.08. The molecule has 0 aliphatic rings. The van der Waals surface area contributed by atoms with E-state index in [1.807, 2.05) is 20.8 Å². The van der Waals surface area contributed by atoms with Crippen LogP contribution in [0.15, 0.2) is 0 Å². The summed E-state index contributed by atoms with van der Waals surface area (Å²) in [6.07, 6.45) is 0.911. The summed E-state index contributed by atoms with van der Waals surface area (Å²) < 4.78 is 0. The first kappa shape index (κ1) is 15.8. The first-order valence-electron chi connectivity index (χ1n) is 5.98. The smallest absolute Gasteiger partial charge is 0.0813 e. The van der Waals surface area contributed by atoms with E-state index in [1.165, 1.54) is 0 Å². The molecule has 0 saturated heterocycles. The van der Waals surface area contributed by atoms with Gasteiger partial charge in [0.2, 0.25) is 0 Å². The fraction of sp³-hybridized carbons (Fsp3) is 0.917. The van der Waals surface area contributed by atoms with Crippen LogP contribution in [0.3, 0.4) is 0 Å². The topological polar surface area (TPSA) is 42.5 Å². The summed E-state index contributed by atoms with van der Waals surface area (Å²) in [5.41, 5.74) is 5.71. The zero-order valence-corrected chi connectivity index (χ0v) is 11.5. The molecule has 0 fully saturated rings. The standard InChI is InChI=1S/C12H27N2O2/c1-7-11(14-16-12(4,5)6)8-13-15-9-10(2)3/h10,13-14H,7-9H2,1-6H3. The summed E-state index contributed by atoms with van der Waals surface area (Å²) in [7, 11) is 0. The second-order valence-electron chi connectivity index (χ2n) is 5.30. The molecule has 0 spiro atoms. The highest BCUT2D eigenvalue weighted by Crippen LogP contribution is 2.07. The van der Waals surface area contributed by atoms with Gasteiger partial charge in [-0.25, -0.2) is 5.48 Å². The van der Waals surface area contributed by atoms with Crippen LogP contribution in [0.1, 0.15) is 48.0 Å². The number of hydroxylamine groups is 2. The van der Waals surface area contributed by atoms with Crippen molar-refractivity contribution >= 4 is 0 Å². The van der Waals surface area contributed by atoms with Crippen LogP contribution < -0.4 is 11.0 Å². The lowest BCUT2D eigenvalue weighted by molar-refractivity contribution is -0.0754. The van der Waals surface area contributed by atoms with Crippen LogP contribution in [0.4, 0.5) is 0 Å². The average Bonchev–Trinajstić information content (AvgIpc) is 2.15. The van der Waals surface area contributed by atoms with Crippen molar-refractivity contribution in [1.29, 1.82) is 0 Å². The molecule has 0 atom stereocenters. The number of nitrogens with one attached hydrogen (secondary N) is 2. The van der Waals surface area contributed by atoms with Crippen molar-refractivity contribution in [3.8, 4) is 0 Å². The predicted octanol–water partition coefficient (Wildman–Crippen LogP) is 2.43. The van der Waals surface area contributed by atoms with E-state index in [0.717, 1.165) is 19.1 Å². The Balaban J connectivity index is 3.59. The molecule has 16 heavy (non-hydrogen) atoms. The van der Waals surface area contributed by atoms with Gasteiger partial charge in [0, 0.05) is 6.54 Å². The fourth-order valence-electron chi connectivity index (χ4n) is 0.822. The van der Waals surface area contributed by atoms with Crippen molar-refractivity contribution in [2.75, 3.05) is 13.2 Å². The van der Waals surface area contributed by atoms with Gasteiger partial charge >= 0.3 is 0 Å². The van der Waals surface area contributed by atoms with E-state index < -0.39 is 0 Å². The third-order valence-corrected chi connectivity index (χ3v) is 1.73. The molecule has 0 saturated carbocycles. The molecule has 2 N–H and O–H groups in total. The largest absolute Gasteiger partial charge is 0.301 e. The normalized spacial score (nSPS) is 12.8. The number of rotatable bonds is 8. The highest BCUT2D eigenvalue weighted by atomic mass is 16.7. The zero-order chi connectivity index (χ0) is 12.6. The number of hydrogen-bond acceptors (Lipinski definition) is 4. The monoisotopic (exact) mass is 231 g/mol. The lowest BCUT2D eigenvalue weighted by atomic mass is 10.2. The van der Waals surface area contributed by atoms with Gasteiger partial charge in [-0.1, -0.05) is 20.8 Å². The molecule has 97 valence electrons. The summed E-state index contributed by atoms with van der Waals surface area (Å²) in [4.78, 5) is 10.8. The van der Waals surface area contributed by atoms with Gasteiger partial charge in [0.1, 0.15) is 0 Å². The van der Waals surface area contributed by atoms with E-state index in [-0.39, 0.29) is 5.60 Å². The van der Waals surface area contributed by atoms with Crippen LogP contribution in [0.25, 0.3) is 0 Å². The molecular formula is C12H27N2O2. The van der Waals surface area contributed by atoms with Gasteiger partial charge in [-0.15, -0.1) is 0 Å². The van der Waals surface area contributed by atoms with E-state index in [4.69, 9.17) is 9.68 Å². The van der Waals surface area contributed by atoms with Gasteiger partial charge in [0.05, 0.1) is 18.2 Å². The third-order valence-electron chi connectivity index (χ3n) is 1.73. The summed E-state index contributed by atoms with van der Waals surface area (Å²) in [5, 5.41) is 0. The first-order valence-corrected chi connectivity index (χ1v) is 5.98. The van der Waals surface area contributed by atoms with Gasteiger partial charge in [-0.05, 0) is 33.1 Å². The van der Waals surface area contributed by atoms with Crippen LogP contribution in [-0.2, 0) is 9.68 Å². The van der Waals surface area contributed by atoms with Gasteiger partial charge < -0.3 is 4.84 Å². The molecule has 0 aromatic carbocycles. The Kier molecular flexibility index (Phi) is 7.93. The molecule has 0 amide bonds. The maximum atomic E-state index is 5.48. The van der Waals surface area contributed by atoms with E-state index >= 15 is 0 Å². The van der Waals surface area contributed by atoms with E-state index in [2.05, 4.69) is 31.7 Å². The fourth-order valence-corrected chi connectivity index (χ4v) is 0.822. The molecule has 4 nitrogen and oxygen atoms in total.